The van der Waals surface area contributed by atoms with Crippen molar-refractivity contribution >= 4 is 34.0 Å². The van der Waals surface area contributed by atoms with Crippen LogP contribution in [-0.2, 0) is 16.1 Å². The molecule has 2 heterocycles. The monoisotopic (exact) mass is 390 g/mol. The first kappa shape index (κ1) is 18.4. The van der Waals surface area contributed by atoms with Crippen molar-refractivity contribution < 1.29 is 9.53 Å². The summed E-state index contributed by atoms with van der Waals surface area (Å²) >= 11 is 0. The van der Waals surface area contributed by atoms with Crippen LogP contribution in [-0.4, -0.2) is 33.0 Å². The Balaban J connectivity index is 1.78. The molecule has 0 saturated carbocycles. The van der Waals surface area contributed by atoms with E-state index in [1.807, 2.05) is 24.3 Å². The summed E-state index contributed by atoms with van der Waals surface area (Å²) in [6.07, 6.45) is 3.18. The van der Waals surface area contributed by atoms with Crippen LogP contribution in [0.2, 0.25) is 0 Å². The Bertz CT molecular complexity index is 1360. The van der Waals surface area contributed by atoms with E-state index < -0.39 is 11.2 Å². The summed E-state index contributed by atoms with van der Waals surface area (Å²) in [4.78, 5) is 39.4. The molecule has 2 aromatic carbocycles. The molecule has 8 nitrogen and oxygen atoms in total. The molecule has 2 aromatic heterocycles. The quantitative estimate of drug-likeness (QED) is 0.417. The molecule has 0 aliphatic carbocycles. The van der Waals surface area contributed by atoms with E-state index in [-0.39, 0.29) is 12.5 Å². The van der Waals surface area contributed by atoms with Crippen LogP contribution in [0.25, 0.3) is 21.8 Å². The Hall–Kier alpha value is -3.94. The van der Waals surface area contributed by atoms with Gasteiger partial charge in [-0.3, -0.25) is 9.59 Å². The third kappa shape index (κ3) is 3.47. The van der Waals surface area contributed by atoms with Gasteiger partial charge in [-0.15, -0.1) is 4.68 Å². The number of fused-ring (bicyclic) bond motifs is 2. The highest BCUT2D eigenvalue weighted by Crippen LogP contribution is 2.20. The molecule has 0 radical (unpaired) electrons. The summed E-state index contributed by atoms with van der Waals surface area (Å²) in [5.41, 5.74) is 0.821. The molecule has 0 aliphatic heterocycles. The largest absolute Gasteiger partial charge is 0.465 e. The average molecular weight is 390 g/mol. The molecular weight excluding hydrogens is 372 g/mol. The minimum absolute atomic E-state index is 0.0543. The van der Waals surface area contributed by atoms with Crippen LogP contribution in [0.3, 0.4) is 0 Å². The number of nitrogens with one attached hydrogen (secondary N) is 1. The van der Waals surface area contributed by atoms with Crippen molar-refractivity contribution in [1.29, 1.82) is 0 Å². The number of ether oxygens (including phenoxy) is 1. The molecule has 0 saturated heterocycles. The maximum absolute atomic E-state index is 12.6. The van der Waals surface area contributed by atoms with Gasteiger partial charge in [0.25, 0.3) is 5.56 Å². The molecular formula is C21H18N4O4. The Morgan fingerprint density at radius 2 is 1.83 bits per heavy atom. The minimum Gasteiger partial charge on any atom is -0.465 e. The smallest absolute Gasteiger partial charge is 0.349 e. The Kier molecular flexibility index (Phi) is 4.82. The number of para-hydroxylation sites is 2. The van der Waals surface area contributed by atoms with Gasteiger partial charge in [0.2, 0.25) is 0 Å². The fourth-order valence-corrected chi connectivity index (χ4v) is 3.23. The lowest BCUT2D eigenvalue weighted by atomic mass is 10.2. The van der Waals surface area contributed by atoms with Crippen molar-refractivity contribution in [3.8, 4) is 0 Å². The van der Waals surface area contributed by atoms with E-state index >= 15 is 0 Å². The number of H-pyrrole nitrogens is 1. The third-order valence-corrected chi connectivity index (χ3v) is 4.52. The van der Waals surface area contributed by atoms with Crippen LogP contribution >= 0.6 is 0 Å². The number of hydrogen-bond donors (Lipinski definition) is 1. The summed E-state index contributed by atoms with van der Waals surface area (Å²) < 4.78 is 7.56. The van der Waals surface area contributed by atoms with Crippen LogP contribution in [0, 0.1) is 0 Å². The van der Waals surface area contributed by atoms with Crippen molar-refractivity contribution in [3.63, 3.8) is 0 Å². The minimum atomic E-state index is -0.625. The predicted octanol–water partition coefficient (Wildman–Crippen LogP) is 2.09. The zero-order chi connectivity index (χ0) is 20.4. The van der Waals surface area contributed by atoms with Crippen LogP contribution in [0.15, 0.2) is 69.4 Å². The Morgan fingerprint density at radius 1 is 1.10 bits per heavy atom. The predicted molar refractivity (Wildman–Crippen MR) is 110 cm³/mol. The number of aromatic nitrogens is 3. The lowest BCUT2D eigenvalue weighted by Crippen LogP contribution is -2.32. The van der Waals surface area contributed by atoms with Gasteiger partial charge in [0, 0.05) is 22.7 Å². The van der Waals surface area contributed by atoms with Crippen molar-refractivity contribution in [2.45, 2.75) is 13.5 Å². The van der Waals surface area contributed by atoms with Gasteiger partial charge >= 0.3 is 11.7 Å². The Labute approximate surface area is 164 Å². The first-order chi connectivity index (χ1) is 14.1. The summed E-state index contributed by atoms with van der Waals surface area (Å²) in [6.45, 7) is 2.11. The highest BCUT2D eigenvalue weighted by atomic mass is 16.5. The number of hydrogen-bond acceptors (Lipinski definition) is 5. The van der Waals surface area contributed by atoms with Gasteiger partial charge in [-0.1, -0.05) is 30.3 Å². The molecule has 4 aromatic rings. The molecule has 8 heteroatoms. The van der Waals surface area contributed by atoms with Crippen LogP contribution in [0.5, 0.6) is 0 Å². The molecule has 0 aliphatic rings. The van der Waals surface area contributed by atoms with Crippen LogP contribution in [0.1, 0.15) is 12.5 Å². The summed E-state index contributed by atoms with van der Waals surface area (Å²) in [5.74, 6) is -0.348. The van der Waals surface area contributed by atoms with Gasteiger partial charge in [-0.25, -0.2) is 4.79 Å². The molecule has 0 bridgehead atoms. The van der Waals surface area contributed by atoms with Crippen molar-refractivity contribution in [2.24, 2.45) is 5.10 Å². The van der Waals surface area contributed by atoms with Gasteiger partial charge in [0.1, 0.15) is 6.54 Å². The number of benzene rings is 2. The van der Waals surface area contributed by atoms with E-state index in [4.69, 9.17) is 4.74 Å². The SMILES string of the molecule is CCOC(=O)Cn1cc(C=Nn2c(=O)[nH]c3ccccc3c2=O)c2ccccc21. The lowest BCUT2D eigenvalue weighted by Gasteiger charge is -2.04. The lowest BCUT2D eigenvalue weighted by molar-refractivity contribution is -0.143. The first-order valence-electron chi connectivity index (χ1n) is 9.10. The maximum Gasteiger partial charge on any atom is 0.349 e. The molecule has 1 N–H and O–H groups in total. The topological polar surface area (TPSA) is 98.4 Å². The first-order valence-corrected chi connectivity index (χ1v) is 9.10. The van der Waals surface area contributed by atoms with E-state index in [1.165, 1.54) is 6.21 Å². The van der Waals surface area contributed by atoms with Crippen molar-refractivity contribution in [1.82, 2.24) is 14.2 Å². The number of rotatable bonds is 5. The summed E-state index contributed by atoms with van der Waals surface area (Å²) in [7, 11) is 0. The molecule has 0 spiro atoms. The molecule has 0 amide bonds. The number of esters is 1. The summed E-state index contributed by atoms with van der Waals surface area (Å²) in [5, 5.41) is 5.32. The van der Waals surface area contributed by atoms with E-state index in [1.54, 1.807) is 42.0 Å². The van der Waals surface area contributed by atoms with E-state index in [0.29, 0.717) is 23.1 Å². The molecule has 146 valence electrons. The molecule has 29 heavy (non-hydrogen) atoms. The van der Waals surface area contributed by atoms with Crippen molar-refractivity contribution in [2.75, 3.05) is 6.61 Å². The van der Waals surface area contributed by atoms with E-state index in [9.17, 15) is 14.4 Å². The second-order valence-corrected chi connectivity index (χ2v) is 6.37. The molecule has 0 unspecified atom stereocenters. The highest BCUT2D eigenvalue weighted by molar-refractivity contribution is 5.99. The number of nitrogens with zero attached hydrogens (tertiary/aromatic N) is 3. The number of carbonyl (C=O) groups is 1. The van der Waals surface area contributed by atoms with Gasteiger partial charge in [0.15, 0.2) is 0 Å². The highest BCUT2D eigenvalue weighted by Gasteiger charge is 2.11. The number of aromatic amines is 1. The van der Waals surface area contributed by atoms with Gasteiger partial charge in [-0.05, 0) is 25.1 Å². The zero-order valence-corrected chi connectivity index (χ0v) is 15.7. The third-order valence-electron chi connectivity index (χ3n) is 4.52. The maximum atomic E-state index is 12.6. The van der Waals surface area contributed by atoms with Gasteiger partial charge in [-0.2, -0.15) is 5.10 Å². The number of carbonyl (C=O) groups excluding carboxylic acids is 1. The van der Waals surface area contributed by atoms with Crippen molar-refractivity contribution in [3.05, 3.63) is 81.1 Å². The second kappa shape index (κ2) is 7.59. The van der Waals surface area contributed by atoms with E-state index in [2.05, 4.69) is 10.1 Å². The summed E-state index contributed by atoms with van der Waals surface area (Å²) in [6, 6.07) is 14.2. The molecule has 0 atom stereocenters. The standard InChI is InChI=1S/C21H18N4O4/c1-2-29-19(26)13-24-12-14(15-7-4-6-10-18(15)24)11-22-25-20(27)16-8-3-5-9-17(16)23-21(25)28/h3-12H,2,13H2,1H3,(H,23,28). The average Bonchev–Trinajstić information content (AvgIpc) is 3.05. The van der Waals surface area contributed by atoms with Gasteiger partial charge in [0.05, 0.1) is 23.7 Å². The van der Waals surface area contributed by atoms with Crippen LogP contribution < -0.4 is 11.2 Å². The van der Waals surface area contributed by atoms with Gasteiger partial charge < -0.3 is 14.3 Å². The second-order valence-electron chi connectivity index (χ2n) is 6.37. The van der Waals surface area contributed by atoms with Crippen LogP contribution in [0.4, 0.5) is 0 Å². The molecule has 0 fully saturated rings. The zero-order valence-electron chi connectivity index (χ0n) is 15.7. The fourth-order valence-electron chi connectivity index (χ4n) is 3.23. The fraction of sp³-hybridized carbons (Fsp3) is 0.143. The molecule has 4 rings (SSSR count). The normalized spacial score (nSPS) is 11.5. The Morgan fingerprint density at radius 3 is 2.62 bits per heavy atom. The van der Waals surface area contributed by atoms with E-state index in [0.717, 1.165) is 15.6 Å².